The van der Waals surface area contributed by atoms with Gasteiger partial charge in [0.05, 0.1) is 16.7 Å². The number of benzene rings is 1. The molecule has 0 amide bonds. The topological polar surface area (TPSA) is 107 Å². The van der Waals surface area contributed by atoms with E-state index in [-0.39, 0.29) is 22.2 Å². The van der Waals surface area contributed by atoms with E-state index in [1.807, 2.05) is 0 Å². The first-order valence-corrected chi connectivity index (χ1v) is 5.21. The third kappa shape index (κ3) is 2.25. The van der Waals surface area contributed by atoms with Crippen molar-refractivity contribution in [2.24, 2.45) is 0 Å². The van der Waals surface area contributed by atoms with Gasteiger partial charge >= 0.3 is 0 Å². The molecule has 0 atom stereocenters. The first-order valence-electron chi connectivity index (χ1n) is 5.21. The average molecular weight is 261 g/mol. The van der Waals surface area contributed by atoms with Gasteiger partial charge in [-0.3, -0.25) is 19.7 Å². The maximum Gasteiger partial charge on any atom is 0.270 e. The molecule has 0 saturated carbocycles. The highest BCUT2D eigenvalue weighted by Crippen LogP contribution is 2.19. The lowest BCUT2D eigenvalue weighted by Gasteiger charge is -2.00. The molecule has 1 aromatic carbocycles. The minimum atomic E-state index is -0.684. The second-order valence-electron chi connectivity index (χ2n) is 3.71. The number of non-ortho nitro benzene ring substituents is 1. The molecule has 7 heteroatoms. The van der Waals surface area contributed by atoms with E-state index in [0.717, 1.165) is 12.3 Å². The van der Waals surface area contributed by atoms with E-state index in [4.69, 9.17) is 4.42 Å². The van der Waals surface area contributed by atoms with Crippen molar-refractivity contribution >= 4 is 28.7 Å². The van der Waals surface area contributed by atoms with Gasteiger partial charge in [0, 0.05) is 12.1 Å². The number of hydrogen-bond acceptors (Lipinski definition) is 6. The van der Waals surface area contributed by atoms with Crippen LogP contribution in [-0.2, 0) is 4.79 Å². The summed E-state index contributed by atoms with van der Waals surface area (Å²) in [5.41, 5.74) is -1.12. The lowest BCUT2D eigenvalue weighted by atomic mass is 10.1. The zero-order valence-corrected chi connectivity index (χ0v) is 9.49. The minimum absolute atomic E-state index is 0.0639. The summed E-state index contributed by atoms with van der Waals surface area (Å²) >= 11 is 0. The number of nitrogens with zero attached hydrogens (tertiary/aromatic N) is 1. The molecule has 0 aliphatic rings. The predicted molar refractivity (Wildman–Crippen MR) is 64.1 cm³/mol. The fraction of sp³-hybridized carbons (Fsp3) is 0.0833. The molecule has 0 saturated heterocycles. The second-order valence-corrected chi connectivity index (χ2v) is 3.71. The fourth-order valence-corrected chi connectivity index (χ4v) is 1.61. The molecule has 96 valence electrons. The molecular formula is C12H7NO6. The molecule has 0 aliphatic carbocycles. The monoisotopic (exact) mass is 261 g/mol. The first-order chi connectivity index (χ1) is 9.04. The van der Waals surface area contributed by atoms with Crippen LogP contribution in [0.3, 0.4) is 0 Å². The largest absolute Gasteiger partial charge is 0.463 e. The first kappa shape index (κ1) is 12.6. The normalized spacial score (nSPS) is 10.3. The van der Waals surface area contributed by atoms with Crippen LogP contribution in [0.1, 0.15) is 16.8 Å². The molecular weight excluding hydrogens is 254 g/mol. The zero-order chi connectivity index (χ0) is 14.0. The van der Waals surface area contributed by atoms with Crippen molar-refractivity contribution in [2.75, 3.05) is 0 Å². The Morgan fingerprint density at radius 1 is 1.42 bits per heavy atom. The van der Waals surface area contributed by atoms with E-state index >= 15 is 0 Å². The standard InChI is InChI=1S/C12H7NO6/c14-4-3-10(15)9-6-19-11-2-1-7(13(17)18)5-8(11)12(9)16/h1-2,4-6H,3H2. The summed E-state index contributed by atoms with van der Waals surface area (Å²) in [5.74, 6) is -0.683. The summed E-state index contributed by atoms with van der Waals surface area (Å²) in [6.07, 6.45) is 0.896. The second kappa shape index (κ2) is 4.81. The van der Waals surface area contributed by atoms with Gasteiger partial charge in [-0.2, -0.15) is 0 Å². The van der Waals surface area contributed by atoms with Gasteiger partial charge in [0.2, 0.25) is 5.43 Å². The molecule has 0 unspecified atom stereocenters. The number of rotatable bonds is 4. The quantitative estimate of drug-likeness (QED) is 0.271. The number of ketones is 1. The molecule has 7 nitrogen and oxygen atoms in total. The van der Waals surface area contributed by atoms with Gasteiger partial charge in [-0.15, -0.1) is 0 Å². The number of carbonyl (C=O) groups excluding carboxylic acids is 2. The summed E-state index contributed by atoms with van der Waals surface area (Å²) in [4.78, 5) is 43.8. The van der Waals surface area contributed by atoms with Crippen molar-refractivity contribution in [1.82, 2.24) is 0 Å². The van der Waals surface area contributed by atoms with Crippen LogP contribution in [0.2, 0.25) is 0 Å². The average Bonchev–Trinajstić information content (AvgIpc) is 2.39. The van der Waals surface area contributed by atoms with Gasteiger partial charge in [0.1, 0.15) is 23.7 Å². The van der Waals surface area contributed by atoms with Crippen molar-refractivity contribution in [3.63, 3.8) is 0 Å². The fourth-order valence-electron chi connectivity index (χ4n) is 1.61. The van der Waals surface area contributed by atoms with Crippen molar-refractivity contribution in [3.8, 4) is 0 Å². The highest BCUT2D eigenvalue weighted by molar-refractivity contribution is 6.03. The summed E-state index contributed by atoms with van der Waals surface area (Å²) in [5, 5.41) is 10.6. The van der Waals surface area contributed by atoms with Crippen molar-refractivity contribution in [2.45, 2.75) is 6.42 Å². The number of hydrogen-bond donors (Lipinski definition) is 0. The molecule has 0 bridgehead atoms. The minimum Gasteiger partial charge on any atom is -0.463 e. The molecule has 0 fully saturated rings. The number of fused-ring (bicyclic) bond motifs is 1. The summed E-state index contributed by atoms with van der Waals surface area (Å²) in [6.45, 7) is 0. The third-order valence-electron chi connectivity index (χ3n) is 2.54. The van der Waals surface area contributed by atoms with Crippen molar-refractivity contribution in [1.29, 1.82) is 0 Å². The summed E-state index contributed by atoms with van der Waals surface area (Å²) < 4.78 is 5.07. The Balaban J connectivity index is 2.68. The zero-order valence-electron chi connectivity index (χ0n) is 9.49. The molecule has 1 aromatic heterocycles. The molecule has 2 aromatic rings. The lowest BCUT2D eigenvalue weighted by Crippen LogP contribution is -2.15. The summed E-state index contributed by atoms with van der Waals surface area (Å²) in [6, 6.07) is 3.51. The van der Waals surface area contributed by atoms with E-state index in [0.29, 0.717) is 6.29 Å². The van der Waals surface area contributed by atoms with E-state index in [9.17, 15) is 24.5 Å². The molecule has 19 heavy (non-hydrogen) atoms. The maximum atomic E-state index is 12.0. The number of Topliss-reactive ketones (excluding diaryl/α,β-unsaturated/α-hetero) is 1. The Morgan fingerprint density at radius 2 is 2.16 bits per heavy atom. The van der Waals surface area contributed by atoms with E-state index in [2.05, 4.69) is 0 Å². The van der Waals surface area contributed by atoms with Crippen LogP contribution in [0, 0.1) is 10.1 Å². The Bertz CT molecular complexity index is 745. The number of carbonyl (C=O) groups is 2. The smallest absolute Gasteiger partial charge is 0.270 e. The molecule has 0 spiro atoms. The van der Waals surface area contributed by atoms with Gasteiger partial charge < -0.3 is 9.21 Å². The highest BCUT2D eigenvalue weighted by atomic mass is 16.6. The van der Waals surface area contributed by atoms with Gasteiger partial charge in [0.15, 0.2) is 5.78 Å². The van der Waals surface area contributed by atoms with Crippen LogP contribution in [0.25, 0.3) is 11.0 Å². The Kier molecular flexibility index (Phi) is 3.19. The van der Waals surface area contributed by atoms with Crippen LogP contribution < -0.4 is 5.43 Å². The molecule has 0 radical (unpaired) electrons. The lowest BCUT2D eigenvalue weighted by molar-refractivity contribution is -0.384. The summed E-state index contributed by atoms with van der Waals surface area (Å²) in [7, 11) is 0. The van der Waals surface area contributed by atoms with E-state index in [1.54, 1.807) is 0 Å². The van der Waals surface area contributed by atoms with Crippen molar-refractivity contribution < 1.29 is 18.9 Å². The van der Waals surface area contributed by atoms with Crippen LogP contribution in [-0.4, -0.2) is 17.0 Å². The van der Waals surface area contributed by atoms with E-state index < -0.39 is 22.6 Å². The number of aldehydes is 1. The van der Waals surface area contributed by atoms with Crippen LogP contribution in [0.4, 0.5) is 5.69 Å². The molecule has 0 N–H and O–H groups in total. The number of nitro groups is 1. The Labute approximate surface area is 105 Å². The molecule has 1 heterocycles. The van der Waals surface area contributed by atoms with Crippen LogP contribution in [0.15, 0.2) is 33.7 Å². The van der Waals surface area contributed by atoms with Gasteiger partial charge in [-0.25, -0.2) is 0 Å². The van der Waals surface area contributed by atoms with Crippen LogP contribution >= 0.6 is 0 Å². The van der Waals surface area contributed by atoms with Gasteiger partial charge in [-0.1, -0.05) is 0 Å². The maximum absolute atomic E-state index is 12.0. The number of nitro benzene ring substituents is 1. The van der Waals surface area contributed by atoms with Crippen molar-refractivity contribution in [3.05, 3.63) is 50.4 Å². The Hall–Kier alpha value is -2.83. The van der Waals surface area contributed by atoms with Gasteiger partial charge in [-0.05, 0) is 6.07 Å². The highest BCUT2D eigenvalue weighted by Gasteiger charge is 2.16. The molecule has 2 rings (SSSR count). The predicted octanol–water partition coefficient (Wildman–Crippen LogP) is 1.47. The third-order valence-corrected chi connectivity index (χ3v) is 2.54. The van der Waals surface area contributed by atoms with Gasteiger partial charge in [0.25, 0.3) is 5.69 Å². The van der Waals surface area contributed by atoms with Crippen LogP contribution in [0.5, 0.6) is 0 Å². The van der Waals surface area contributed by atoms with E-state index in [1.165, 1.54) is 12.1 Å². The molecule has 0 aliphatic heterocycles. The Morgan fingerprint density at radius 3 is 2.79 bits per heavy atom. The SMILES string of the molecule is O=CCC(=O)c1coc2ccc([N+](=O)[O-])cc2c1=O.